The van der Waals surface area contributed by atoms with E-state index < -0.39 is 0 Å². The van der Waals surface area contributed by atoms with Crippen LogP contribution in [0.3, 0.4) is 0 Å². The van der Waals surface area contributed by atoms with E-state index in [0.717, 1.165) is 35.8 Å². The number of aromatic nitrogens is 4. The molecule has 0 saturated carbocycles. The third-order valence-corrected chi connectivity index (χ3v) is 5.02. The molecular formula is C19H23N5O2S. The average Bonchev–Trinajstić information content (AvgIpc) is 3.21. The molecule has 0 spiro atoms. The lowest BCUT2D eigenvalue weighted by molar-refractivity contribution is 0.0949. The van der Waals surface area contributed by atoms with Crippen LogP contribution < -0.4 is 5.32 Å². The molecule has 3 heterocycles. The zero-order valence-corrected chi connectivity index (χ0v) is 16.5. The Morgan fingerprint density at radius 3 is 2.85 bits per heavy atom. The minimum absolute atomic E-state index is 0.115. The molecule has 27 heavy (non-hydrogen) atoms. The number of aryl methyl sites for hydroxylation is 4. The minimum atomic E-state index is -0.115. The van der Waals surface area contributed by atoms with Gasteiger partial charge in [-0.3, -0.25) is 9.48 Å². The number of pyridine rings is 1. The number of hydrogen-bond donors (Lipinski definition) is 1. The van der Waals surface area contributed by atoms with Gasteiger partial charge < -0.3 is 9.84 Å². The van der Waals surface area contributed by atoms with Crippen LogP contribution in [0, 0.1) is 20.8 Å². The molecule has 0 fully saturated rings. The molecule has 3 aromatic heterocycles. The number of thioether (sulfide) groups is 1. The zero-order valence-electron chi connectivity index (χ0n) is 15.7. The Morgan fingerprint density at radius 1 is 1.30 bits per heavy atom. The second-order valence-corrected chi connectivity index (χ2v) is 7.30. The van der Waals surface area contributed by atoms with Crippen LogP contribution >= 0.6 is 11.8 Å². The standard InChI is InChI=1S/C19H23N5O2S/c1-13-10-14(2)24(22-13)9-5-8-20-18(25)17-6-4-7-21-19(17)27-12-16-11-15(3)26-23-16/h4,6-7,10-11H,5,8-9,12H2,1-3H3,(H,20,25). The number of hydrogen-bond acceptors (Lipinski definition) is 6. The first kappa shape index (κ1) is 19.2. The summed E-state index contributed by atoms with van der Waals surface area (Å²) in [5.74, 6) is 1.26. The second kappa shape index (κ2) is 8.85. The number of amides is 1. The molecule has 3 aromatic rings. The largest absolute Gasteiger partial charge is 0.361 e. The predicted molar refractivity (Wildman–Crippen MR) is 104 cm³/mol. The third-order valence-electron chi connectivity index (χ3n) is 3.98. The predicted octanol–water partition coefficient (Wildman–Crippen LogP) is 3.30. The van der Waals surface area contributed by atoms with Crippen molar-refractivity contribution < 1.29 is 9.32 Å². The normalized spacial score (nSPS) is 10.9. The van der Waals surface area contributed by atoms with Crippen LogP contribution in [0.2, 0.25) is 0 Å². The van der Waals surface area contributed by atoms with Gasteiger partial charge in [0.15, 0.2) is 0 Å². The molecule has 142 valence electrons. The van der Waals surface area contributed by atoms with Gasteiger partial charge in [0.05, 0.1) is 17.0 Å². The molecular weight excluding hydrogens is 362 g/mol. The van der Waals surface area contributed by atoms with Gasteiger partial charge >= 0.3 is 0 Å². The summed E-state index contributed by atoms with van der Waals surface area (Å²) in [6.07, 6.45) is 2.50. The van der Waals surface area contributed by atoms with Crippen molar-refractivity contribution in [3.8, 4) is 0 Å². The Balaban J connectivity index is 1.52. The van der Waals surface area contributed by atoms with Crippen molar-refractivity contribution in [1.82, 2.24) is 25.2 Å². The molecule has 0 aliphatic heterocycles. The SMILES string of the molecule is Cc1cc(C)n(CCCNC(=O)c2cccnc2SCc2cc(C)on2)n1. The van der Waals surface area contributed by atoms with Gasteiger partial charge in [-0.2, -0.15) is 5.10 Å². The quantitative estimate of drug-likeness (QED) is 0.473. The smallest absolute Gasteiger partial charge is 0.254 e. The number of nitrogens with zero attached hydrogens (tertiary/aromatic N) is 4. The van der Waals surface area contributed by atoms with Crippen molar-refractivity contribution in [3.63, 3.8) is 0 Å². The maximum atomic E-state index is 12.5. The fourth-order valence-electron chi connectivity index (χ4n) is 2.73. The Labute approximate surface area is 162 Å². The summed E-state index contributed by atoms with van der Waals surface area (Å²) in [5.41, 5.74) is 3.55. The first-order chi connectivity index (χ1) is 13.0. The van der Waals surface area contributed by atoms with Gasteiger partial charge in [0, 0.05) is 36.8 Å². The van der Waals surface area contributed by atoms with E-state index in [1.807, 2.05) is 37.6 Å². The Kier molecular flexibility index (Phi) is 6.28. The first-order valence-electron chi connectivity index (χ1n) is 8.82. The maximum Gasteiger partial charge on any atom is 0.254 e. The highest BCUT2D eigenvalue weighted by Crippen LogP contribution is 2.24. The van der Waals surface area contributed by atoms with E-state index in [4.69, 9.17) is 4.52 Å². The highest BCUT2D eigenvalue weighted by atomic mass is 32.2. The molecule has 8 heteroatoms. The van der Waals surface area contributed by atoms with Crippen LogP contribution in [-0.4, -0.2) is 32.4 Å². The van der Waals surface area contributed by atoms with Crippen LogP contribution in [0.5, 0.6) is 0 Å². The third kappa shape index (κ3) is 5.19. The van der Waals surface area contributed by atoms with Crippen molar-refractivity contribution >= 4 is 17.7 Å². The van der Waals surface area contributed by atoms with Crippen molar-refractivity contribution in [3.05, 3.63) is 58.9 Å². The van der Waals surface area contributed by atoms with E-state index in [0.29, 0.717) is 22.9 Å². The Hall–Kier alpha value is -2.61. The van der Waals surface area contributed by atoms with Gasteiger partial charge in [-0.15, -0.1) is 0 Å². The highest BCUT2D eigenvalue weighted by molar-refractivity contribution is 7.98. The lowest BCUT2D eigenvalue weighted by Crippen LogP contribution is -2.26. The van der Waals surface area contributed by atoms with Gasteiger partial charge in [0.2, 0.25) is 0 Å². The van der Waals surface area contributed by atoms with Crippen LogP contribution in [0.15, 0.2) is 40.0 Å². The van der Waals surface area contributed by atoms with Crippen molar-refractivity contribution in [1.29, 1.82) is 0 Å². The number of rotatable bonds is 8. The molecule has 0 aliphatic rings. The Morgan fingerprint density at radius 2 is 2.15 bits per heavy atom. The summed E-state index contributed by atoms with van der Waals surface area (Å²) in [4.78, 5) is 16.9. The van der Waals surface area contributed by atoms with E-state index in [9.17, 15) is 4.79 Å². The molecule has 1 N–H and O–H groups in total. The molecule has 0 aromatic carbocycles. The summed E-state index contributed by atoms with van der Waals surface area (Å²) < 4.78 is 7.04. The highest BCUT2D eigenvalue weighted by Gasteiger charge is 2.13. The monoisotopic (exact) mass is 385 g/mol. The van der Waals surface area contributed by atoms with Crippen LogP contribution in [0.25, 0.3) is 0 Å². The molecule has 0 aliphatic carbocycles. The molecule has 3 rings (SSSR count). The van der Waals surface area contributed by atoms with E-state index in [2.05, 4.69) is 20.6 Å². The first-order valence-corrected chi connectivity index (χ1v) is 9.81. The summed E-state index contributed by atoms with van der Waals surface area (Å²) in [5, 5.41) is 12.1. The number of carbonyl (C=O) groups is 1. The fraction of sp³-hybridized carbons (Fsp3) is 0.368. The molecule has 0 bridgehead atoms. The fourth-order valence-corrected chi connectivity index (χ4v) is 3.61. The second-order valence-electron chi connectivity index (χ2n) is 6.33. The molecule has 0 radical (unpaired) electrons. The van der Waals surface area contributed by atoms with Crippen LogP contribution in [-0.2, 0) is 12.3 Å². The van der Waals surface area contributed by atoms with Crippen LogP contribution in [0.4, 0.5) is 0 Å². The molecule has 1 amide bonds. The number of nitrogens with one attached hydrogen (secondary N) is 1. The topological polar surface area (TPSA) is 85.8 Å². The lowest BCUT2D eigenvalue weighted by atomic mass is 10.2. The van der Waals surface area contributed by atoms with Gasteiger partial charge in [0.25, 0.3) is 5.91 Å². The van der Waals surface area contributed by atoms with Gasteiger partial charge in [-0.1, -0.05) is 16.9 Å². The minimum Gasteiger partial charge on any atom is -0.361 e. The Bertz CT molecular complexity index is 918. The summed E-state index contributed by atoms with van der Waals surface area (Å²) in [6.45, 7) is 7.23. The number of carbonyl (C=O) groups excluding carboxylic acids is 1. The summed E-state index contributed by atoms with van der Waals surface area (Å²) in [6, 6.07) is 7.50. The molecule has 0 atom stereocenters. The lowest BCUT2D eigenvalue weighted by Gasteiger charge is -2.09. The van der Waals surface area contributed by atoms with E-state index >= 15 is 0 Å². The van der Waals surface area contributed by atoms with E-state index in [-0.39, 0.29) is 5.91 Å². The zero-order chi connectivity index (χ0) is 19.2. The van der Waals surface area contributed by atoms with Gasteiger partial charge in [0.1, 0.15) is 10.8 Å². The van der Waals surface area contributed by atoms with Crippen molar-refractivity contribution in [2.45, 2.75) is 44.5 Å². The van der Waals surface area contributed by atoms with Gasteiger partial charge in [-0.25, -0.2) is 4.98 Å². The maximum absolute atomic E-state index is 12.5. The van der Waals surface area contributed by atoms with E-state index in [1.165, 1.54) is 11.8 Å². The van der Waals surface area contributed by atoms with Crippen LogP contribution in [0.1, 0.15) is 39.6 Å². The molecule has 7 nitrogen and oxygen atoms in total. The summed E-state index contributed by atoms with van der Waals surface area (Å²) in [7, 11) is 0. The molecule has 0 saturated heterocycles. The van der Waals surface area contributed by atoms with E-state index in [1.54, 1.807) is 18.3 Å². The summed E-state index contributed by atoms with van der Waals surface area (Å²) >= 11 is 1.47. The average molecular weight is 385 g/mol. The van der Waals surface area contributed by atoms with Crippen molar-refractivity contribution in [2.75, 3.05) is 6.54 Å². The molecule has 0 unspecified atom stereocenters. The van der Waals surface area contributed by atoms with Crippen molar-refractivity contribution in [2.24, 2.45) is 0 Å². The van der Waals surface area contributed by atoms with Gasteiger partial charge in [-0.05, 0) is 45.4 Å².